The summed E-state index contributed by atoms with van der Waals surface area (Å²) in [6.07, 6.45) is 1.33. The molecule has 1 aromatic heterocycles. The number of aromatic nitrogens is 1. The highest BCUT2D eigenvalue weighted by Gasteiger charge is 2.08. The highest BCUT2D eigenvalue weighted by Crippen LogP contribution is 2.28. The fourth-order valence-corrected chi connectivity index (χ4v) is 1.47. The summed E-state index contributed by atoms with van der Waals surface area (Å²) < 4.78 is 13.3. The summed E-state index contributed by atoms with van der Waals surface area (Å²) in [6.45, 7) is 0. The molecular formula is C9H7ClFN3. The Morgan fingerprint density at radius 2 is 2.00 bits per heavy atom. The van der Waals surface area contributed by atoms with Crippen LogP contribution in [0, 0.1) is 5.82 Å². The van der Waals surface area contributed by atoms with Gasteiger partial charge in [-0.05, 0) is 12.1 Å². The molecular weight excluding hydrogens is 205 g/mol. The number of halogens is 2. The van der Waals surface area contributed by atoms with E-state index in [4.69, 9.17) is 23.1 Å². The highest BCUT2D eigenvalue weighted by atomic mass is 35.5. The zero-order valence-electron chi connectivity index (χ0n) is 7.09. The van der Waals surface area contributed by atoms with Gasteiger partial charge in [0.05, 0.1) is 17.6 Å². The molecule has 0 amide bonds. The van der Waals surface area contributed by atoms with Gasteiger partial charge in [-0.1, -0.05) is 11.6 Å². The summed E-state index contributed by atoms with van der Waals surface area (Å²) in [7, 11) is 0. The van der Waals surface area contributed by atoms with E-state index in [1.807, 2.05) is 0 Å². The van der Waals surface area contributed by atoms with E-state index in [9.17, 15) is 4.39 Å². The summed E-state index contributed by atoms with van der Waals surface area (Å²) in [5.74, 6) is -0.501. The number of anilines is 2. The molecule has 0 bridgehead atoms. The molecule has 0 unspecified atom stereocenters. The first kappa shape index (κ1) is 9.02. The van der Waals surface area contributed by atoms with Crippen molar-refractivity contribution in [2.45, 2.75) is 0 Å². The van der Waals surface area contributed by atoms with Crippen LogP contribution in [0.15, 0.2) is 18.3 Å². The standard InChI is InChI=1S/C9H7ClFN3/c10-4-1-5-8(13)7(12)3-14-9(5)6(11)2-4/h1-3H,12H2,(H2,13,14). The van der Waals surface area contributed by atoms with Gasteiger partial charge < -0.3 is 11.5 Å². The Hall–Kier alpha value is -1.55. The number of nitrogens with zero attached hydrogens (tertiary/aromatic N) is 1. The topological polar surface area (TPSA) is 64.9 Å². The van der Waals surface area contributed by atoms with Gasteiger partial charge in [-0.2, -0.15) is 0 Å². The van der Waals surface area contributed by atoms with Gasteiger partial charge in [0.1, 0.15) is 5.52 Å². The molecule has 0 aliphatic carbocycles. The SMILES string of the molecule is Nc1cnc2c(F)cc(Cl)cc2c1N. The van der Waals surface area contributed by atoms with Gasteiger partial charge in [0.2, 0.25) is 0 Å². The first-order valence-electron chi connectivity index (χ1n) is 3.88. The Balaban J connectivity index is 2.95. The smallest absolute Gasteiger partial charge is 0.150 e. The molecule has 0 atom stereocenters. The molecule has 2 aromatic rings. The summed E-state index contributed by atoms with van der Waals surface area (Å²) in [4.78, 5) is 3.84. The first-order valence-corrected chi connectivity index (χ1v) is 4.26. The van der Waals surface area contributed by atoms with Crippen LogP contribution in [0.4, 0.5) is 15.8 Å². The predicted octanol–water partition coefficient (Wildman–Crippen LogP) is 2.19. The van der Waals surface area contributed by atoms with Crippen molar-refractivity contribution in [1.29, 1.82) is 0 Å². The molecule has 0 saturated heterocycles. The van der Waals surface area contributed by atoms with Crippen molar-refractivity contribution in [2.24, 2.45) is 0 Å². The van der Waals surface area contributed by atoms with Crippen LogP contribution in [-0.4, -0.2) is 4.98 Å². The maximum Gasteiger partial charge on any atom is 0.150 e. The number of nitrogens with two attached hydrogens (primary N) is 2. The van der Waals surface area contributed by atoms with Crippen molar-refractivity contribution in [1.82, 2.24) is 4.98 Å². The summed E-state index contributed by atoms with van der Waals surface area (Å²) >= 11 is 5.68. The lowest BCUT2D eigenvalue weighted by atomic mass is 10.1. The van der Waals surface area contributed by atoms with Gasteiger partial charge in [0, 0.05) is 10.4 Å². The molecule has 0 spiro atoms. The normalized spacial score (nSPS) is 10.7. The van der Waals surface area contributed by atoms with E-state index in [1.165, 1.54) is 12.3 Å². The summed E-state index contributed by atoms with van der Waals surface area (Å²) in [5.41, 5.74) is 12.0. The minimum absolute atomic E-state index is 0.182. The third-order valence-corrected chi connectivity index (χ3v) is 2.18. The molecule has 1 heterocycles. The molecule has 0 radical (unpaired) electrons. The van der Waals surface area contributed by atoms with E-state index in [2.05, 4.69) is 4.98 Å². The Morgan fingerprint density at radius 3 is 2.71 bits per heavy atom. The van der Waals surface area contributed by atoms with Crippen LogP contribution in [0.5, 0.6) is 0 Å². The van der Waals surface area contributed by atoms with Crippen LogP contribution in [0.3, 0.4) is 0 Å². The van der Waals surface area contributed by atoms with Gasteiger partial charge in [0.25, 0.3) is 0 Å². The first-order chi connectivity index (χ1) is 6.59. The maximum atomic E-state index is 13.3. The molecule has 14 heavy (non-hydrogen) atoms. The van der Waals surface area contributed by atoms with E-state index in [-0.39, 0.29) is 10.5 Å². The molecule has 0 aliphatic rings. The van der Waals surface area contributed by atoms with Crippen molar-refractivity contribution >= 4 is 33.9 Å². The molecule has 0 aliphatic heterocycles. The fourth-order valence-electron chi connectivity index (χ4n) is 1.26. The van der Waals surface area contributed by atoms with E-state index < -0.39 is 5.82 Å². The quantitative estimate of drug-likeness (QED) is 0.702. The average molecular weight is 212 g/mol. The van der Waals surface area contributed by atoms with Gasteiger partial charge in [-0.15, -0.1) is 0 Å². The number of nitrogen functional groups attached to an aromatic ring is 2. The van der Waals surface area contributed by atoms with Crippen LogP contribution < -0.4 is 11.5 Å². The number of fused-ring (bicyclic) bond motifs is 1. The Morgan fingerprint density at radius 1 is 1.29 bits per heavy atom. The van der Waals surface area contributed by atoms with Gasteiger partial charge >= 0.3 is 0 Å². The second-order valence-corrected chi connectivity index (χ2v) is 3.35. The van der Waals surface area contributed by atoms with Crippen LogP contribution in [0.2, 0.25) is 5.02 Å². The lowest BCUT2D eigenvalue weighted by Gasteiger charge is -2.05. The minimum Gasteiger partial charge on any atom is -0.396 e. The van der Waals surface area contributed by atoms with Crippen LogP contribution in [0.25, 0.3) is 10.9 Å². The molecule has 3 nitrogen and oxygen atoms in total. The van der Waals surface area contributed by atoms with Crippen molar-refractivity contribution < 1.29 is 4.39 Å². The molecule has 0 fully saturated rings. The number of rotatable bonds is 0. The van der Waals surface area contributed by atoms with Crippen LogP contribution in [0.1, 0.15) is 0 Å². The predicted molar refractivity (Wildman–Crippen MR) is 55.5 cm³/mol. The third kappa shape index (κ3) is 1.24. The lowest BCUT2D eigenvalue weighted by Crippen LogP contribution is -1.98. The zero-order chi connectivity index (χ0) is 10.3. The minimum atomic E-state index is -0.501. The van der Waals surface area contributed by atoms with Crippen molar-refractivity contribution in [3.05, 3.63) is 29.2 Å². The van der Waals surface area contributed by atoms with Gasteiger partial charge in [0.15, 0.2) is 5.82 Å². The largest absolute Gasteiger partial charge is 0.396 e. The Kier molecular flexibility index (Phi) is 1.93. The van der Waals surface area contributed by atoms with Gasteiger partial charge in [-0.25, -0.2) is 4.39 Å². The maximum absolute atomic E-state index is 13.3. The molecule has 72 valence electrons. The molecule has 1 aromatic carbocycles. The third-order valence-electron chi connectivity index (χ3n) is 1.96. The number of hydrogen-bond donors (Lipinski definition) is 2. The highest BCUT2D eigenvalue weighted by molar-refractivity contribution is 6.31. The molecule has 5 heteroatoms. The molecule has 4 N–H and O–H groups in total. The summed E-state index contributed by atoms with van der Waals surface area (Å²) in [5, 5.41) is 0.712. The zero-order valence-corrected chi connectivity index (χ0v) is 7.85. The molecule has 2 rings (SSSR count). The number of hydrogen-bond acceptors (Lipinski definition) is 3. The van der Waals surface area contributed by atoms with E-state index >= 15 is 0 Å². The van der Waals surface area contributed by atoms with Crippen molar-refractivity contribution in [3.8, 4) is 0 Å². The van der Waals surface area contributed by atoms with E-state index in [0.29, 0.717) is 16.8 Å². The van der Waals surface area contributed by atoms with Crippen LogP contribution in [-0.2, 0) is 0 Å². The van der Waals surface area contributed by atoms with Crippen LogP contribution >= 0.6 is 11.6 Å². The van der Waals surface area contributed by atoms with E-state index in [1.54, 1.807) is 6.07 Å². The molecule has 0 saturated carbocycles. The van der Waals surface area contributed by atoms with Crippen molar-refractivity contribution in [2.75, 3.05) is 11.5 Å². The second kappa shape index (κ2) is 2.99. The summed E-state index contributed by atoms with van der Waals surface area (Å²) in [6, 6.07) is 2.73. The van der Waals surface area contributed by atoms with Gasteiger partial charge in [-0.3, -0.25) is 4.98 Å². The Bertz CT molecular complexity index is 513. The average Bonchev–Trinajstić information content (AvgIpc) is 2.12. The Labute approximate surface area is 84.5 Å². The monoisotopic (exact) mass is 211 g/mol. The lowest BCUT2D eigenvalue weighted by molar-refractivity contribution is 0.637. The number of pyridine rings is 1. The van der Waals surface area contributed by atoms with E-state index in [0.717, 1.165) is 0 Å². The van der Waals surface area contributed by atoms with Crippen molar-refractivity contribution in [3.63, 3.8) is 0 Å². The second-order valence-electron chi connectivity index (χ2n) is 2.91. The number of benzene rings is 1. The fraction of sp³-hybridized carbons (Fsp3) is 0.